The van der Waals surface area contributed by atoms with Crippen molar-refractivity contribution in [2.24, 2.45) is 23.7 Å². The maximum absolute atomic E-state index is 12.2. The van der Waals surface area contributed by atoms with Gasteiger partial charge < -0.3 is 39.7 Å². The number of hydrogen-bond acceptors (Lipinski definition) is 9. The molecule has 0 aromatic heterocycles. The third-order valence-corrected chi connectivity index (χ3v) is 7.71. The number of esters is 1. The van der Waals surface area contributed by atoms with E-state index in [1.807, 2.05) is 6.92 Å². The van der Waals surface area contributed by atoms with Crippen molar-refractivity contribution in [1.82, 2.24) is 0 Å². The first-order valence-corrected chi connectivity index (χ1v) is 10.6. The lowest BCUT2D eigenvalue weighted by atomic mass is 9.77. The predicted molar refractivity (Wildman–Crippen MR) is 102 cm³/mol. The van der Waals surface area contributed by atoms with Crippen LogP contribution in [-0.4, -0.2) is 86.6 Å². The Morgan fingerprint density at radius 3 is 2.60 bits per heavy atom. The molecule has 0 aromatic rings. The molecule has 0 spiro atoms. The molecule has 0 radical (unpaired) electrons. The maximum Gasteiger partial charge on any atom is 0.309 e. The van der Waals surface area contributed by atoms with Crippen LogP contribution in [0.4, 0.5) is 0 Å². The third-order valence-electron chi connectivity index (χ3n) is 7.71. The van der Waals surface area contributed by atoms with E-state index in [0.29, 0.717) is 24.8 Å². The van der Waals surface area contributed by atoms with Crippen LogP contribution in [0, 0.1) is 23.7 Å². The van der Waals surface area contributed by atoms with Gasteiger partial charge in [0.25, 0.3) is 0 Å². The lowest BCUT2D eigenvalue weighted by Crippen LogP contribution is -2.59. The summed E-state index contributed by atoms with van der Waals surface area (Å²) in [4.78, 5) is 12.2. The summed E-state index contributed by atoms with van der Waals surface area (Å²) in [6.45, 7) is 7.26. The van der Waals surface area contributed by atoms with E-state index in [0.717, 1.165) is 0 Å². The predicted octanol–water partition coefficient (Wildman–Crippen LogP) is -0.914. The first-order valence-electron chi connectivity index (χ1n) is 10.6. The molecule has 4 fully saturated rings. The Balaban J connectivity index is 1.56. The number of aliphatic hydroxyl groups excluding tert-OH is 4. The van der Waals surface area contributed by atoms with Crippen molar-refractivity contribution in [3.05, 3.63) is 12.2 Å². The summed E-state index contributed by atoms with van der Waals surface area (Å²) < 4.78 is 17.1. The third kappa shape index (κ3) is 3.40. The van der Waals surface area contributed by atoms with E-state index < -0.39 is 49.0 Å². The van der Waals surface area contributed by atoms with Crippen LogP contribution in [0.1, 0.15) is 33.1 Å². The van der Waals surface area contributed by atoms with Crippen LogP contribution < -0.4 is 0 Å². The van der Waals surface area contributed by atoms with Gasteiger partial charge in [0.1, 0.15) is 30.5 Å². The standard InChI is InChI=1S/C21H32O9/c1-8-10-4-5-21(3,27)11-6-12(9(2)14(11)18(10)30-19(8)26)28-20-17(25)16(24)15(23)13(7-22)29-20/h8,10-18,20,22-25,27H,2,4-7H2,1,3H3/t8-,10-,11+,12-,13+,14-,15+,16-,17+,18-,20+,21+/m0/s1. The zero-order chi connectivity index (χ0) is 22.0. The first kappa shape index (κ1) is 22.1. The van der Waals surface area contributed by atoms with E-state index >= 15 is 0 Å². The Labute approximate surface area is 175 Å². The van der Waals surface area contributed by atoms with E-state index in [2.05, 4.69) is 6.58 Å². The van der Waals surface area contributed by atoms with Crippen molar-refractivity contribution in [1.29, 1.82) is 0 Å². The van der Waals surface area contributed by atoms with Crippen LogP contribution in [0.2, 0.25) is 0 Å². The van der Waals surface area contributed by atoms with Crippen molar-refractivity contribution in [3.8, 4) is 0 Å². The highest BCUT2D eigenvalue weighted by atomic mass is 16.7. The van der Waals surface area contributed by atoms with Gasteiger partial charge in [0.15, 0.2) is 6.29 Å². The summed E-state index contributed by atoms with van der Waals surface area (Å²) in [6.07, 6.45) is -6.27. The van der Waals surface area contributed by atoms with Crippen LogP contribution in [0.15, 0.2) is 12.2 Å². The molecular weight excluding hydrogens is 396 g/mol. The molecule has 2 saturated carbocycles. The van der Waals surface area contributed by atoms with Gasteiger partial charge in [-0.1, -0.05) is 13.5 Å². The van der Waals surface area contributed by atoms with E-state index in [1.165, 1.54) is 0 Å². The van der Waals surface area contributed by atoms with Gasteiger partial charge in [-0.05, 0) is 31.8 Å². The van der Waals surface area contributed by atoms with Crippen LogP contribution in [0.3, 0.4) is 0 Å². The summed E-state index contributed by atoms with van der Waals surface area (Å²) >= 11 is 0. The molecule has 12 atom stereocenters. The quantitative estimate of drug-likeness (QED) is 0.285. The Kier molecular flexibility index (Phi) is 5.76. The largest absolute Gasteiger partial charge is 0.461 e. The second-order valence-corrected chi connectivity index (χ2v) is 9.51. The Morgan fingerprint density at radius 2 is 1.93 bits per heavy atom. The summed E-state index contributed by atoms with van der Waals surface area (Å²) in [5.41, 5.74) is -0.353. The molecule has 9 nitrogen and oxygen atoms in total. The molecule has 30 heavy (non-hydrogen) atoms. The highest BCUT2D eigenvalue weighted by molar-refractivity contribution is 5.75. The summed E-state index contributed by atoms with van der Waals surface area (Å²) in [7, 11) is 0. The smallest absolute Gasteiger partial charge is 0.309 e. The van der Waals surface area contributed by atoms with Crippen LogP contribution in [-0.2, 0) is 19.0 Å². The van der Waals surface area contributed by atoms with E-state index in [1.54, 1.807) is 6.92 Å². The van der Waals surface area contributed by atoms with Gasteiger partial charge in [-0.2, -0.15) is 0 Å². The number of aliphatic hydroxyl groups is 5. The van der Waals surface area contributed by atoms with E-state index in [4.69, 9.17) is 14.2 Å². The molecule has 2 aliphatic carbocycles. The SMILES string of the molecule is C=C1[C@@H]2[C@H]3OC(=O)[C@@H](C)[C@@H]3CC[C@@](C)(O)[C@@H]2C[C@@H]1O[C@@H]1O[C@H](CO)[C@@H](O)[C@H](O)[C@H]1O. The maximum atomic E-state index is 12.2. The van der Waals surface area contributed by atoms with Gasteiger partial charge in [-0.3, -0.25) is 4.79 Å². The van der Waals surface area contributed by atoms with Gasteiger partial charge in [-0.25, -0.2) is 0 Å². The number of carbonyl (C=O) groups is 1. The van der Waals surface area contributed by atoms with E-state index in [-0.39, 0.29) is 35.7 Å². The molecule has 0 amide bonds. The average molecular weight is 428 g/mol. The molecule has 0 aromatic carbocycles. The fourth-order valence-electron chi connectivity index (χ4n) is 5.75. The molecule has 2 aliphatic heterocycles. The lowest BCUT2D eigenvalue weighted by Gasteiger charge is -2.40. The van der Waals surface area contributed by atoms with Crippen molar-refractivity contribution in [2.75, 3.05) is 6.61 Å². The molecule has 0 bridgehead atoms. The van der Waals surface area contributed by atoms with Gasteiger partial charge in [0.2, 0.25) is 0 Å². The van der Waals surface area contributed by atoms with Crippen molar-refractivity contribution in [3.63, 3.8) is 0 Å². The molecule has 5 N–H and O–H groups in total. The highest BCUT2D eigenvalue weighted by Crippen LogP contribution is 2.54. The van der Waals surface area contributed by atoms with E-state index in [9.17, 15) is 30.3 Å². The summed E-state index contributed by atoms with van der Waals surface area (Å²) in [5, 5.41) is 50.8. The normalized spacial score (nSPS) is 53.8. The minimum absolute atomic E-state index is 0.0123. The zero-order valence-electron chi connectivity index (χ0n) is 17.3. The molecule has 4 rings (SSSR count). The topological polar surface area (TPSA) is 146 Å². The van der Waals surface area contributed by atoms with Gasteiger partial charge in [-0.15, -0.1) is 0 Å². The molecule has 2 saturated heterocycles. The van der Waals surface area contributed by atoms with Crippen molar-refractivity contribution < 1.29 is 44.5 Å². The minimum atomic E-state index is -1.54. The molecule has 4 aliphatic rings. The second-order valence-electron chi connectivity index (χ2n) is 9.51. The van der Waals surface area contributed by atoms with Crippen molar-refractivity contribution >= 4 is 5.97 Å². The molecule has 9 heteroatoms. The van der Waals surface area contributed by atoms with Crippen LogP contribution in [0.5, 0.6) is 0 Å². The minimum Gasteiger partial charge on any atom is -0.461 e. The zero-order valence-corrected chi connectivity index (χ0v) is 17.3. The number of hydrogen-bond donors (Lipinski definition) is 5. The first-order chi connectivity index (χ1) is 14.1. The van der Waals surface area contributed by atoms with Crippen LogP contribution in [0.25, 0.3) is 0 Å². The van der Waals surface area contributed by atoms with Gasteiger partial charge in [0, 0.05) is 17.8 Å². The van der Waals surface area contributed by atoms with Gasteiger partial charge >= 0.3 is 5.97 Å². The molecule has 0 unspecified atom stereocenters. The second kappa shape index (κ2) is 7.81. The van der Waals surface area contributed by atoms with Crippen LogP contribution >= 0.6 is 0 Å². The summed E-state index contributed by atoms with van der Waals surface area (Å²) in [5.74, 6) is -1.05. The Hall–Kier alpha value is -1.07. The molecule has 170 valence electrons. The number of carbonyl (C=O) groups excluding carboxylic acids is 1. The number of fused-ring (bicyclic) bond motifs is 3. The van der Waals surface area contributed by atoms with Gasteiger partial charge in [0.05, 0.1) is 24.2 Å². The molecule has 2 heterocycles. The monoisotopic (exact) mass is 428 g/mol. The fourth-order valence-corrected chi connectivity index (χ4v) is 5.75. The fraction of sp³-hybridized carbons (Fsp3) is 0.857. The Bertz CT molecular complexity index is 692. The number of ether oxygens (including phenoxy) is 3. The lowest BCUT2D eigenvalue weighted by molar-refractivity contribution is -0.308. The summed E-state index contributed by atoms with van der Waals surface area (Å²) in [6, 6.07) is 0. The number of rotatable bonds is 3. The highest BCUT2D eigenvalue weighted by Gasteiger charge is 2.59. The average Bonchev–Trinajstić information content (AvgIpc) is 3.13. The molecular formula is C21H32O9. The Morgan fingerprint density at radius 1 is 1.23 bits per heavy atom. The van der Waals surface area contributed by atoms with Crippen molar-refractivity contribution in [2.45, 2.75) is 81.6 Å².